The van der Waals surface area contributed by atoms with Crippen LogP contribution in [0.3, 0.4) is 0 Å². The fraction of sp³-hybridized carbons (Fsp3) is 1.00. The Labute approximate surface area is 94.4 Å². The van der Waals surface area contributed by atoms with Crippen LogP contribution in [0.15, 0.2) is 0 Å². The summed E-state index contributed by atoms with van der Waals surface area (Å²) in [6.07, 6.45) is 11.1. The summed E-state index contributed by atoms with van der Waals surface area (Å²) in [7, 11) is 0. The molecule has 1 saturated carbocycles. The minimum atomic E-state index is 0.504. The number of alkyl halides is 1. The molecular weight excluding hydrogens is 192 g/mol. The molecule has 0 spiro atoms. The van der Waals surface area contributed by atoms with Gasteiger partial charge in [-0.3, -0.25) is 0 Å². The van der Waals surface area contributed by atoms with Gasteiger partial charge in [0.25, 0.3) is 0 Å². The standard InChI is InChI=1S/C13H25Cl/c1-3-5-6-12-7-9-13(4-2,11-14)10-8-12/h12H,3-11H2,1-2H3. The zero-order valence-corrected chi connectivity index (χ0v) is 10.6. The maximum Gasteiger partial charge on any atom is 0.0279 e. The zero-order chi connectivity index (χ0) is 10.4. The molecule has 1 fully saturated rings. The number of unbranched alkanes of at least 4 members (excludes halogenated alkanes) is 1. The third kappa shape index (κ3) is 3.15. The topological polar surface area (TPSA) is 0 Å². The normalized spacial score (nSPS) is 33.2. The molecule has 0 aliphatic heterocycles. The lowest BCUT2D eigenvalue weighted by Crippen LogP contribution is -2.28. The molecule has 1 aliphatic carbocycles. The van der Waals surface area contributed by atoms with Crippen molar-refractivity contribution in [3.63, 3.8) is 0 Å². The van der Waals surface area contributed by atoms with Gasteiger partial charge in [-0.25, -0.2) is 0 Å². The summed E-state index contributed by atoms with van der Waals surface area (Å²) >= 11 is 6.09. The highest BCUT2D eigenvalue weighted by Gasteiger charge is 2.32. The van der Waals surface area contributed by atoms with Crippen molar-refractivity contribution in [3.05, 3.63) is 0 Å². The highest BCUT2D eigenvalue weighted by molar-refractivity contribution is 6.18. The molecule has 0 bridgehead atoms. The third-order valence-electron chi connectivity index (χ3n) is 4.17. The highest BCUT2D eigenvalue weighted by Crippen LogP contribution is 2.43. The molecule has 0 aromatic heterocycles. The monoisotopic (exact) mass is 216 g/mol. The second-order valence-electron chi connectivity index (χ2n) is 5.07. The molecule has 14 heavy (non-hydrogen) atoms. The van der Waals surface area contributed by atoms with Gasteiger partial charge in [0.05, 0.1) is 0 Å². The van der Waals surface area contributed by atoms with Crippen LogP contribution in [0, 0.1) is 11.3 Å². The van der Waals surface area contributed by atoms with E-state index in [0.29, 0.717) is 5.41 Å². The van der Waals surface area contributed by atoms with Gasteiger partial charge < -0.3 is 0 Å². The van der Waals surface area contributed by atoms with Crippen molar-refractivity contribution in [2.45, 2.75) is 65.2 Å². The van der Waals surface area contributed by atoms with Crippen LogP contribution in [-0.4, -0.2) is 5.88 Å². The minimum Gasteiger partial charge on any atom is -0.126 e. The van der Waals surface area contributed by atoms with E-state index in [1.807, 2.05) is 0 Å². The molecule has 0 amide bonds. The van der Waals surface area contributed by atoms with Gasteiger partial charge >= 0.3 is 0 Å². The first-order valence-electron chi connectivity index (χ1n) is 6.32. The number of halogens is 1. The van der Waals surface area contributed by atoms with E-state index in [4.69, 9.17) is 11.6 Å². The first-order chi connectivity index (χ1) is 6.76. The van der Waals surface area contributed by atoms with Crippen LogP contribution in [0.2, 0.25) is 0 Å². The van der Waals surface area contributed by atoms with E-state index in [-0.39, 0.29) is 0 Å². The zero-order valence-electron chi connectivity index (χ0n) is 9.82. The summed E-state index contributed by atoms with van der Waals surface area (Å²) in [6.45, 7) is 4.59. The van der Waals surface area contributed by atoms with E-state index in [1.165, 1.54) is 51.4 Å². The van der Waals surface area contributed by atoms with Crippen molar-refractivity contribution < 1.29 is 0 Å². The number of hydrogen-bond acceptors (Lipinski definition) is 0. The van der Waals surface area contributed by atoms with Gasteiger partial charge in [-0.1, -0.05) is 33.1 Å². The molecule has 84 valence electrons. The minimum absolute atomic E-state index is 0.504. The lowest BCUT2D eigenvalue weighted by Gasteiger charge is -2.38. The average Bonchev–Trinajstić information content (AvgIpc) is 2.27. The summed E-state index contributed by atoms with van der Waals surface area (Å²) in [6, 6.07) is 0. The van der Waals surface area contributed by atoms with E-state index in [1.54, 1.807) is 0 Å². The van der Waals surface area contributed by atoms with Gasteiger partial charge in [0.15, 0.2) is 0 Å². The summed E-state index contributed by atoms with van der Waals surface area (Å²) < 4.78 is 0. The highest BCUT2D eigenvalue weighted by atomic mass is 35.5. The second-order valence-corrected chi connectivity index (χ2v) is 5.34. The van der Waals surface area contributed by atoms with Crippen LogP contribution in [0.5, 0.6) is 0 Å². The van der Waals surface area contributed by atoms with Crippen LogP contribution in [-0.2, 0) is 0 Å². The summed E-state index contributed by atoms with van der Waals surface area (Å²) in [5.74, 6) is 1.89. The van der Waals surface area contributed by atoms with Crippen LogP contribution in [0.25, 0.3) is 0 Å². The Balaban J connectivity index is 2.29. The van der Waals surface area contributed by atoms with E-state index in [0.717, 1.165) is 11.8 Å². The van der Waals surface area contributed by atoms with Crippen LogP contribution < -0.4 is 0 Å². The molecule has 1 rings (SSSR count). The van der Waals surface area contributed by atoms with Gasteiger partial charge in [0.2, 0.25) is 0 Å². The van der Waals surface area contributed by atoms with Gasteiger partial charge in [-0.05, 0) is 43.4 Å². The van der Waals surface area contributed by atoms with Crippen molar-refractivity contribution in [2.24, 2.45) is 11.3 Å². The molecule has 0 radical (unpaired) electrons. The average molecular weight is 217 g/mol. The maximum absolute atomic E-state index is 6.09. The Morgan fingerprint density at radius 3 is 2.29 bits per heavy atom. The Morgan fingerprint density at radius 2 is 1.86 bits per heavy atom. The molecule has 0 saturated heterocycles. The van der Waals surface area contributed by atoms with E-state index >= 15 is 0 Å². The van der Waals surface area contributed by atoms with Gasteiger partial charge in [-0.15, -0.1) is 11.6 Å². The Bertz CT molecular complexity index is 139. The van der Waals surface area contributed by atoms with Gasteiger partial charge in [0.1, 0.15) is 0 Å². The second kappa shape index (κ2) is 6.00. The Morgan fingerprint density at radius 1 is 1.21 bits per heavy atom. The lowest BCUT2D eigenvalue weighted by atomic mass is 9.69. The summed E-state index contributed by atoms with van der Waals surface area (Å²) in [5.41, 5.74) is 0.504. The van der Waals surface area contributed by atoms with Gasteiger partial charge in [0, 0.05) is 5.88 Å². The molecule has 0 heterocycles. The van der Waals surface area contributed by atoms with E-state index < -0.39 is 0 Å². The van der Waals surface area contributed by atoms with Crippen molar-refractivity contribution in [1.29, 1.82) is 0 Å². The molecular formula is C13H25Cl. The van der Waals surface area contributed by atoms with Crippen molar-refractivity contribution >= 4 is 11.6 Å². The predicted molar refractivity (Wildman–Crippen MR) is 64.9 cm³/mol. The molecule has 0 atom stereocenters. The molecule has 0 N–H and O–H groups in total. The smallest absolute Gasteiger partial charge is 0.0279 e. The van der Waals surface area contributed by atoms with Crippen LogP contribution in [0.1, 0.15) is 65.2 Å². The lowest BCUT2D eigenvalue weighted by molar-refractivity contribution is 0.161. The SMILES string of the molecule is CCCCC1CCC(CC)(CCl)CC1. The summed E-state index contributed by atoms with van der Waals surface area (Å²) in [5, 5.41) is 0. The first kappa shape index (κ1) is 12.4. The van der Waals surface area contributed by atoms with E-state index in [2.05, 4.69) is 13.8 Å². The summed E-state index contributed by atoms with van der Waals surface area (Å²) in [4.78, 5) is 0. The molecule has 1 aliphatic rings. The van der Waals surface area contributed by atoms with Crippen LogP contribution >= 0.6 is 11.6 Å². The number of hydrogen-bond donors (Lipinski definition) is 0. The van der Waals surface area contributed by atoms with Crippen molar-refractivity contribution in [2.75, 3.05) is 5.88 Å². The molecule has 0 aromatic rings. The van der Waals surface area contributed by atoms with Crippen molar-refractivity contribution in [1.82, 2.24) is 0 Å². The number of rotatable bonds is 5. The molecule has 0 nitrogen and oxygen atoms in total. The molecule has 0 aromatic carbocycles. The maximum atomic E-state index is 6.09. The van der Waals surface area contributed by atoms with E-state index in [9.17, 15) is 0 Å². The van der Waals surface area contributed by atoms with Crippen LogP contribution in [0.4, 0.5) is 0 Å². The predicted octanol–water partition coefficient (Wildman–Crippen LogP) is 5.00. The fourth-order valence-corrected chi connectivity index (χ4v) is 3.11. The van der Waals surface area contributed by atoms with Gasteiger partial charge in [-0.2, -0.15) is 0 Å². The third-order valence-corrected chi connectivity index (χ3v) is 4.73. The molecule has 0 unspecified atom stereocenters. The fourth-order valence-electron chi connectivity index (χ4n) is 2.65. The Kier molecular flexibility index (Phi) is 5.30. The first-order valence-corrected chi connectivity index (χ1v) is 6.85. The molecule has 1 heteroatoms. The quantitative estimate of drug-likeness (QED) is 0.568. The van der Waals surface area contributed by atoms with Crippen molar-refractivity contribution in [3.8, 4) is 0 Å². The largest absolute Gasteiger partial charge is 0.126 e. The Hall–Kier alpha value is 0.290.